The van der Waals surface area contributed by atoms with Crippen molar-refractivity contribution in [2.24, 2.45) is 0 Å². The van der Waals surface area contributed by atoms with Crippen molar-refractivity contribution in [2.45, 2.75) is 0 Å². The molecule has 3 aromatic rings. The Labute approximate surface area is 94.7 Å². The first kappa shape index (κ1) is 9.29. The van der Waals surface area contributed by atoms with Crippen LogP contribution in [0.1, 0.15) is 5.56 Å². The van der Waals surface area contributed by atoms with E-state index < -0.39 is 0 Å². The Kier molecular flexibility index (Phi) is 1.79. The number of hydrogen-bond donors (Lipinski definition) is 2. The predicted molar refractivity (Wildman–Crippen MR) is 57.9 cm³/mol. The number of aromatic amines is 1. The highest BCUT2D eigenvalue weighted by Gasteiger charge is 2.11. The number of hydrogen-bond acceptors (Lipinski definition) is 6. The van der Waals surface area contributed by atoms with Crippen molar-refractivity contribution in [3.63, 3.8) is 0 Å². The maximum absolute atomic E-state index is 8.74. The monoisotopic (exact) mass is 226 g/mol. The lowest BCUT2D eigenvalue weighted by Crippen LogP contribution is -2.04. The van der Waals surface area contributed by atoms with Crippen molar-refractivity contribution in [2.75, 3.05) is 5.73 Å². The second-order valence-corrected chi connectivity index (χ2v) is 3.29. The van der Waals surface area contributed by atoms with Gasteiger partial charge in [0, 0.05) is 0 Å². The number of aromatic nitrogens is 6. The Morgan fingerprint density at radius 3 is 3.06 bits per heavy atom. The molecule has 3 N–H and O–H groups in total. The molecule has 3 rings (SSSR count). The molecule has 0 bridgehead atoms. The fourth-order valence-corrected chi connectivity index (χ4v) is 1.50. The molecular formula is C9H6N8. The van der Waals surface area contributed by atoms with E-state index in [1.165, 1.54) is 17.2 Å². The van der Waals surface area contributed by atoms with Crippen molar-refractivity contribution in [3.05, 3.63) is 24.3 Å². The van der Waals surface area contributed by atoms with E-state index in [-0.39, 0.29) is 5.95 Å². The average Bonchev–Trinajstić information content (AvgIpc) is 2.95. The van der Waals surface area contributed by atoms with Crippen LogP contribution in [0.4, 0.5) is 5.95 Å². The molecule has 0 saturated heterocycles. The van der Waals surface area contributed by atoms with Crippen molar-refractivity contribution < 1.29 is 0 Å². The highest BCUT2D eigenvalue weighted by Crippen LogP contribution is 2.16. The molecule has 8 nitrogen and oxygen atoms in total. The van der Waals surface area contributed by atoms with Crippen LogP contribution in [-0.4, -0.2) is 29.7 Å². The Hall–Kier alpha value is -2.95. The van der Waals surface area contributed by atoms with E-state index >= 15 is 0 Å². The number of nitrogen functional groups attached to an aromatic ring is 1. The Morgan fingerprint density at radius 1 is 1.41 bits per heavy atom. The van der Waals surface area contributed by atoms with Crippen molar-refractivity contribution in [1.82, 2.24) is 29.7 Å². The first-order valence-corrected chi connectivity index (χ1v) is 4.69. The molecule has 0 aliphatic carbocycles. The summed E-state index contributed by atoms with van der Waals surface area (Å²) in [6, 6.07) is 1.99. The summed E-state index contributed by atoms with van der Waals surface area (Å²) in [6.07, 6.45) is 4.50. The van der Waals surface area contributed by atoms with Gasteiger partial charge in [0.15, 0.2) is 11.5 Å². The minimum Gasteiger partial charge on any atom is -0.368 e. The lowest BCUT2D eigenvalue weighted by molar-refractivity contribution is 0.851. The molecule has 82 valence electrons. The molecule has 0 atom stereocenters. The number of anilines is 1. The van der Waals surface area contributed by atoms with Gasteiger partial charge in [0.25, 0.3) is 0 Å². The number of H-pyrrole nitrogens is 1. The fourth-order valence-electron chi connectivity index (χ4n) is 1.50. The lowest BCUT2D eigenvalue weighted by atomic mass is 10.4. The van der Waals surface area contributed by atoms with Gasteiger partial charge >= 0.3 is 0 Å². The summed E-state index contributed by atoms with van der Waals surface area (Å²) in [5, 5.41) is 12.8. The summed E-state index contributed by atoms with van der Waals surface area (Å²) in [5.74, 6) is 0.570. The van der Waals surface area contributed by atoms with E-state index in [0.29, 0.717) is 22.5 Å². The number of fused-ring (bicyclic) bond motifs is 1. The summed E-state index contributed by atoms with van der Waals surface area (Å²) < 4.78 is 1.46. The number of nitrogens with two attached hydrogens (primary N) is 1. The third kappa shape index (κ3) is 1.37. The number of nitriles is 1. The van der Waals surface area contributed by atoms with Gasteiger partial charge in [-0.2, -0.15) is 20.3 Å². The Balaban J connectivity index is 2.29. The van der Waals surface area contributed by atoms with Crippen LogP contribution in [0.25, 0.3) is 17.0 Å². The topological polar surface area (TPSA) is 122 Å². The van der Waals surface area contributed by atoms with Gasteiger partial charge in [-0.25, -0.2) is 9.67 Å². The van der Waals surface area contributed by atoms with E-state index in [2.05, 4.69) is 25.0 Å². The largest absolute Gasteiger partial charge is 0.368 e. The lowest BCUT2D eigenvalue weighted by Gasteiger charge is -2.01. The number of nitrogens with zero attached hydrogens (tertiary/aromatic N) is 6. The van der Waals surface area contributed by atoms with Crippen LogP contribution < -0.4 is 5.73 Å². The van der Waals surface area contributed by atoms with Gasteiger partial charge in [-0.15, -0.1) is 0 Å². The average molecular weight is 226 g/mol. The summed E-state index contributed by atoms with van der Waals surface area (Å²) in [6.45, 7) is 0. The molecule has 0 saturated carbocycles. The van der Waals surface area contributed by atoms with Crippen LogP contribution in [0.15, 0.2) is 18.7 Å². The van der Waals surface area contributed by atoms with Gasteiger partial charge in [0.1, 0.15) is 11.6 Å². The molecule has 0 spiro atoms. The van der Waals surface area contributed by atoms with Gasteiger partial charge in [0.05, 0.1) is 24.3 Å². The van der Waals surface area contributed by atoms with Crippen LogP contribution in [0.2, 0.25) is 0 Å². The van der Waals surface area contributed by atoms with Crippen molar-refractivity contribution in [1.29, 1.82) is 5.26 Å². The minimum absolute atomic E-state index is 0.105. The molecule has 0 unspecified atom stereocenters. The second-order valence-electron chi connectivity index (χ2n) is 3.29. The maximum Gasteiger partial charge on any atom is 0.224 e. The van der Waals surface area contributed by atoms with Crippen LogP contribution in [0.3, 0.4) is 0 Å². The minimum atomic E-state index is 0.105. The van der Waals surface area contributed by atoms with Crippen LogP contribution in [0, 0.1) is 11.3 Å². The van der Waals surface area contributed by atoms with E-state index in [4.69, 9.17) is 11.0 Å². The number of imidazole rings is 1. The molecule has 0 aliphatic rings. The van der Waals surface area contributed by atoms with E-state index in [9.17, 15) is 0 Å². The van der Waals surface area contributed by atoms with Crippen molar-refractivity contribution in [3.8, 4) is 11.9 Å². The zero-order valence-corrected chi connectivity index (χ0v) is 8.49. The quantitative estimate of drug-likeness (QED) is 0.601. The van der Waals surface area contributed by atoms with Crippen LogP contribution in [-0.2, 0) is 0 Å². The highest BCUT2D eigenvalue weighted by atomic mass is 15.3. The SMILES string of the molecule is N#Cc1cnn(-c2nc(N)nc3nc[nH]c23)c1. The zero-order chi connectivity index (χ0) is 11.8. The Bertz CT molecular complexity index is 731. The molecule has 3 aromatic heterocycles. The fraction of sp³-hybridized carbons (Fsp3) is 0. The van der Waals surface area contributed by atoms with Crippen LogP contribution >= 0.6 is 0 Å². The molecule has 0 amide bonds. The van der Waals surface area contributed by atoms with E-state index in [0.717, 1.165) is 0 Å². The van der Waals surface area contributed by atoms with Crippen LogP contribution in [0.5, 0.6) is 0 Å². The third-order valence-corrected chi connectivity index (χ3v) is 2.21. The zero-order valence-electron chi connectivity index (χ0n) is 8.49. The first-order chi connectivity index (χ1) is 8.28. The smallest absolute Gasteiger partial charge is 0.224 e. The third-order valence-electron chi connectivity index (χ3n) is 2.21. The Morgan fingerprint density at radius 2 is 2.29 bits per heavy atom. The van der Waals surface area contributed by atoms with E-state index in [1.807, 2.05) is 6.07 Å². The van der Waals surface area contributed by atoms with Gasteiger partial charge in [-0.3, -0.25) is 0 Å². The van der Waals surface area contributed by atoms with Gasteiger partial charge in [-0.1, -0.05) is 0 Å². The maximum atomic E-state index is 8.74. The molecular weight excluding hydrogens is 220 g/mol. The summed E-state index contributed by atoms with van der Waals surface area (Å²) in [4.78, 5) is 15.0. The molecule has 3 heterocycles. The normalized spacial score (nSPS) is 10.5. The molecule has 0 aliphatic heterocycles. The highest BCUT2D eigenvalue weighted by molar-refractivity contribution is 5.78. The second kappa shape index (κ2) is 3.28. The van der Waals surface area contributed by atoms with Gasteiger partial charge in [-0.05, 0) is 0 Å². The molecule has 0 fully saturated rings. The number of rotatable bonds is 1. The predicted octanol–water partition coefficient (Wildman–Crippen LogP) is -0.00752. The van der Waals surface area contributed by atoms with Crippen molar-refractivity contribution >= 4 is 17.1 Å². The molecule has 0 radical (unpaired) electrons. The standard InChI is InChI=1S/C9H6N8/c10-1-5-2-14-17(3-5)8-6-7(13-4-12-6)15-9(11)16-8/h2-4H,(H3,11,12,13,15,16). The number of nitrogens with one attached hydrogen (secondary N) is 1. The summed E-state index contributed by atoms with van der Waals surface area (Å²) >= 11 is 0. The van der Waals surface area contributed by atoms with Gasteiger partial charge < -0.3 is 10.7 Å². The van der Waals surface area contributed by atoms with Gasteiger partial charge in [0.2, 0.25) is 5.95 Å². The summed E-state index contributed by atoms with van der Waals surface area (Å²) in [7, 11) is 0. The molecule has 17 heavy (non-hydrogen) atoms. The summed E-state index contributed by atoms with van der Waals surface area (Å²) in [5.41, 5.74) is 7.10. The first-order valence-electron chi connectivity index (χ1n) is 4.69. The molecule has 8 heteroatoms. The molecule has 0 aromatic carbocycles. The van der Waals surface area contributed by atoms with E-state index in [1.54, 1.807) is 6.20 Å².